The Balaban J connectivity index is 2.46. The van der Waals surface area contributed by atoms with Crippen LogP contribution in [0.25, 0.3) is 11.5 Å². The van der Waals surface area contributed by atoms with Gasteiger partial charge in [-0.15, -0.1) is 10.2 Å². The molecule has 0 fully saturated rings. The van der Waals surface area contributed by atoms with Gasteiger partial charge in [0.25, 0.3) is 0 Å². The Morgan fingerprint density at radius 2 is 2.00 bits per heavy atom. The Kier molecular flexibility index (Phi) is 3.64. The van der Waals surface area contributed by atoms with Crippen LogP contribution in [0.15, 0.2) is 6.07 Å². The highest BCUT2D eigenvalue weighted by Crippen LogP contribution is 2.21. The second-order valence-electron chi connectivity index (χ2n) is 4.12. The van der Waals surface area contributed by atoms with E-state index in [9.17, 15) is 0 Å². The summed E-state index contributed by atoms with van der Waals surface area (Å²) in [5.74, 6) is 1.68. The molecule has 2 heterocycles. The predicted octanol–water partition coefficient (Wildman–Crippen LogP) is 1.69. The highest BCUT2D eigenvalue weighted by atomic mass is 15.4. The molecule has 0 aliphatic carbocycles. The molecule has 6 nitrogen and oxygen atoms in total. The summed E-state index contributed by atoms with van der Waals surface area (Å²) >= 11 is 0. The van der Waals surface area contributed by atoms with E-state index in [1.807, 2.05) is 18.7 Å². The van der Waals surface area contributed by atoms with Crippen molar-refractivity contribution >= 4 is 5.95 Å². The molecule has 0 spiro atoms. The summed E-state index contributed by atoms with van der Waals surface area (Å²) in [7, 11) is 1.94. The number of hydrogen-bond acceptors (Lipinski definition) is 4. The van der Waals surface area contributed by atoms with Gasteiger partial charge in [-0.1, -0.05) is 6.92 Å². The third-order valence-electron chi connectivity index (χ3n) is 2.92. The molecule has 0 saturated heterocycles. The lowest BCUT2D eigenvalue weighted by Crippen LogP contribution is -2.08. The lowest BCUT2D eigenvalue weighted by molar-refractivity contribution is 0.725. The summed E-state index contributed by atoms with van der Waals surface area (Å²) in [4.78, 5) is 0. The van der Waals surface area contributed by atoms with Crippen molar-refractivity contribution in [3.05, 3.63) is 11.8 Å². The molecule has 0 aliphatic heterocycles. The molecule has 1 N–H and O–H groups in total. The van der Waals surface area contributed by atoms with Gasteiger partial charge in [-0.3, -0.25) is 9.25 Å². The summed E-state index contributed by atoms with van der Waals surface area (Å²) in [6, 6.07) is 2.08. The van der Waals surface area contributed by atoms with Crippen LogP contribution in [0.2, 0.25) is 0 Å². The molecular formula is C12H20N6. The average molecular weight is 248 g/mol. The van der Waals surface area contributed by atoms with E-state index in [4.69, 9.17) is 0 Å². The first kappa shape index (κ1) is 12.6. The molecule has 0 aliphatic rings. The first-order valence-electron chi connectivity index (χ1n) is 6.41. The predicted molar refractivity (Wildman–Crippen MR) is 71.4 cm³/mol. The Morgan fingerprint density at radius 1 is 1.22 bits per heavy atom. The molecule has 6 heteroatoms. The molecular weight excluding hydrogens is 228 g/mol. The number of nitrogens with zero attached hydrogens (tertiary/aromatic N) is 5. The van der Waals surface area contributed by atoms with Crippen molar-refractivity contribution in [2.24, 2.45) is 7.05 Å². The Bertz CT molecular complexity index is 525. The molecule has 0 amide bonds. The smallest absolute Gasteiger partial charge is 0.224 e. The van der Waals surface area contributed by atoms with Gasteiger partial charge in [-0.2, -0.15) is 5.10 Å². The van der Waals surface area contributed by atoms with Gasteiger partial charge in [-0.25, -0.2) is 0 Å². The van der Waals surface area contributed by atoms with Crippen molar-refractivity contribution in [2.45, 2.75) is 33.7 Å². The van der Waals surface area contributed by atoms with Gasteiger partial charge in [0.15, 0.2) is 5.82 Å². The average Bonchev–Trinajstić information content (AvgIpc) is 2.92. The van der Waals surface area contributed by atoms with Gasteiger partial charge in [0, 0.05) is 20.1 Å². The molecule has 2 rings (SSSR count). The molecule has 0 saturated carbocycles. The van der Waals surface area contributed by atoms with E-state index in [0.29, 0.717) is 0 Å². The highest BCUT2D eigenvalue weighted by molar-refractivity contribution is 5.53. The van der Waals surface area contributed by atoms with Crippen molar-refractivity contribution < 1.29 is 0 Å². The molecule has 2 aromatic heterocycles. The fraction of sp³-hybridized carbons (Fsp3) is 0.583. The van der Waals surface area contributed by atoms with Crippen LogP contribution in [-0.2, 0) is 20.0 Å². The second-order valence-corrected chi connectivity index (χ2v) is 4.12. The number of aryl methyl sites for hydroxylation is 2. The summed E-state index contributed by atoms with van der Waals surface area (Å²) in [6.07, 6.45) is 0.925. The van der Waals surface area contributed by atoms with Crippen molar-refractivity contribution in [2.75, 3.05) is 11.9 Å². The van der Waals surface area contributed by atoms with Gasteiger partial charge >= 0.3 is 0 Å². The minimum atomic E-state index is 0.814. The standard InChI is InChI=1S/C12H20N6/c1-5-9-8-10(17(4)16-9)11-14-15-12(13-6-2)18(11)7-3/h8H,5-7H2,1-4H3,(H,13,15). The zero-order valence-corrected chi connectivity index (χ0v) is 11.4. The van der Waals surface area contributed by atoms with Crippen molar-refractivity contribution in [3.8, 4) is 11.5 Å². The van der Waals surface area contributed by atoms with Crippen LogP contribution in [0.3, 0.4) is 0 Å². The Morgan fingerprint density at radius 3 is 2.56 bits per heavy atom. The molecule has 2 aromatic rings. The normalized spacial score (nSPS) is 10.9. The first-order chi connectivity index (χ1) is 8.71. The fourth-order valence-electron chi connectivity index (χ4n) is 1.99. The number of rotatable bonds is 5. The van der Waals surface area contributed by atoms with Crippen LogP contribution in [0.4, 0.5) is 5.95 Å². The molecule has 0 bridgehead atoms. The monoisotopic (exact) mass is 248 g/mol. The SMILES string of the molecule is CCNc1nnc(-c2cc(CC)nn2C)n1CC. The molecule has 98 valence electrons. The highest BCUT2D eigenvalue weighted by Gasteiger charge is 2.16. The molecule has 0 aromatic carbocycles. The van der Waals surface area contributed by atoms with E-state index in [2.05, 4.69) is 45.1 Å². The van der Waals surface area contributed by atoms with E-state index < -0.39 is 0 Å². The third-order valence-corrected chi connectivity index (χ3v) is 2.92. The molecule has 0 atom stereocenters. The van der Waals surface area contributed by atoms with Crippen LogP contribution >= 0.6 is 0 Å². The van der Waals surface area contributed by atoms with E-state index >= 15 is 0 Å². The van der Waals surface area contributed by atoms with E-state index in [-0.39, 0.29) is 0 Å². The van der Waals surface area contributed by atoms with Crippen LogP contribution in [0.5, 0.6) is 0 Å². The van der Waals surface area contributed by atoms with Gasteiger partial charge < -0.3 is 5.32 Å². The van der Waals surface area contributed by atoms with Crippen LogP contribution in [0, 0.1) is 0 Å². The molecule has 0 radical (unpaired) electrons. The quantitative estimate of drug-likeness (QED) is 0.874. The molecule has 0 unspecified atom stereocenters. The van der Waals surface area contributed by atoms with Crippen LogP contribution in [-0.4, -0.2) is 31.1 Å². The van der Waals surface area contributed by atoms with Crippen molar-refractivity contribution in [1.82, 2.24) is 24.5 Å². The number of aromatic nitrogens is 5. The maximum absolute atomic E-state index is 4.45. The van der Waals surface area contributed by atoms with Crippen molar-refractivity contribution in [1.29, 1.82) is 0 Å². The topological polar surface area (TPSA) is 60.6 Å². The van der Waals surface area contributed by atoms with Gasteiger partial charge in [0.1, 0.15) is 5.69 Å². The minimum absolute atomic E-state index is 0.814. The summed E-state index contributed by atoms with van der Waals surface area (Å²) < 4.78 is 3.94. The van der Waals surface area contributed by atoms with E-state index in [0.717, 1.165) is 42.7 Å². The Hall–Kier alpha value is -1.85. The number of nitrogens with one attached hydrogen (secondary N) is 1. The van der Waals surface area contributed by atoms with Gasteiger partial charge in [0.2, 0.25) is 5.95 Å². The first-order valence-corrected chi connectivity index (χ1v) is 6.41. The fourth-order valence-corrected chi connectivity index (χ4v) is 1.99. The summed E-state index contributed by atoms with van der Waals surface area (Å²) in [5, 5.41) is 16.1. The molecule has 18 heavy (non-hydrogen) atoms. The second kappa shape index (κ2) is 5.20. The maximum atomic E-state index is 4.45. The number of hydrogen-bond donors (Lipinski definition) is 1. The zero-order chi connectivity index (χ0) is 13.1. The van der Waals surface area contributed by atoms with Crippen molar-refractivity contribution in [3.63, 3.8) is 0 Å². The van der Waals surface area contributed by atoms with E-state index in [1.165, 1.54) is 0 Å². The number of anilines is 1. The lowest BCUT2D eigenvalue weighted by Gasteiger charge is -2.07. The summed E-state index contributed by atoms with van der Waals surface area (Å²) in [5.41, 5.74) is 2.08. The third kappa shape index (κ3) is 2.10. The van der Waals surface area contributed by atoms with E-state index in [1.54, 1.807) is 0 Å². The maximum Gasteiger partial charge on any atom is 0.224 e. The minimum Gasteiger partial charge on any atom is -0.355 e. The van der Waals surface area contributed by atoms with Crippen LogP contribution in [0.1, 0.15) is 26.5 Å². The largest absolute Gasteiger partial charge is 0.355 e. The lowest BCUT2D eigenvalue weighted by atomic mass is 10.3. The van der Waals surface area contributed by atoms with Gasteiger partial charge in [0.05, 0.1) is 5.69 Å². The van der Waals surface area contributed by atoms with Crippen LogP contribution < -0.4 is 5.32 Å². The zero-order valence-electron chi connectivity index (χ0n) is 11.4. The Labute approximate surface area is 107 Å². The summed E-state index contributed by atoms with van der Waals surface area (Å²) in [6.45, 7) is 7.90. The van der Waals surface area contributed by atoms with Gasteiger partial charge in [-0.05, 0) is 26.3 Å².